The Morgan fingerprint density at radius 2 is 2.16 bits per heavy atom. The molecule has 1 aromatic rings. The van der Waals surface area contributed by atoms with Gasteiger partial charge < -0.3 is 9.84 Å². The van der Waals surface area contributed by atoms with Crippen LogP contribution in [0.25, 0.3) is 0 Å². The summed E-state index contributed by atoms with van der Waals surface area (Å²) in [7, 11) is 1.43. The Morgan fingerprint density at radius 3 is 2.63 bits per heavy atom. The van der Waals surface area contributed by atoms with E-state index in [1.807, 2.05) is 32.0 Å². The van der Waals surface area contributed by atoms with Crippen LogP contribution in [0.2, 0.25) is 0 Å². The first-order valence-electron chi connectivity index (χ1n) is 6.98. The normalized spacial score (nSPS) is 17.8. The minimum atomic E-state index is -0.170. The van der Waals surface area contributed by atoms with Crippen LogP contribution >= 0.6 is 0 Å². The van der Waals surface area contributed by atoms with Crippen LogP contribution in [-0.4, -0.2) is 18.2 Å². The van der Waals surface area contributed by atoms with Crippen molar-refractivity contribution < 1.29 is 14.6 Å². The monoisotopic (exact) mass is 262 g/mol. The second-order valence-electron chi connectivity index (χ2n) is 5.42. The molecule has 0 unspecified atom stereocenters. The number of hydrogen-bond donors (Lipinski definition) is 1. The summed E-state index contributed by atoms with van der Waals surface area (Å²) in [6.07, 6.45) is 3.12. The molecule has 0 saturated heterocycles. The Balaban J connectivity index is 2.29. The van der Waals surface area contributed by atoms with Crippen LogP contribution in [0.15, 0.2) is 18.2 Å². The Kier molecular flexibility index (Phi) is 4.13. The molecule has 0 bridgehead atoms. The molecule has 1 aromatic carbocycles. The van der Waals surface area contributed by atoms with Crippen molar-refractivity contribution in [1.29, 1.82) is 0 Å². The van der Waals surface area contributed by atoms with Crippen molar-refractivity contribution in [2.75, 3.05) is 7.11 Å². The topological polar surface area (TPSA) is 46.5 Å². The summed E-state index contributed by atoms with van der Waals surface area (Å²) >= 11 is 0. The van der Waals surface area contributed by atoms with E-state index in [0.29, 0.717) is 11.7 Å². The van der Waals surface area contributed by atoms with E-state index in [-0.39, 0.29) is 17.8 Å². The second kappa shape index (κ2) is 5.64. The van der Waals surface area contributed by atoms with E-state index in [9.17, 15) is 9.90 Å². The minimum Gasteiger partial charge on any atom is -0.508 e. The van der Waals surface area contributed by atoms with Gasteiger partial charge in [-0.05, 0) is 48.3 Å². The lowest BCUT2D eigenvalue weighted by Crippen LogP contribution is -2.22. The molecule has 19 heavy (non-hydrogen) atoms. The van der Waals surface area contributed by atoms with Crippen LogP contribution < -0.4 is 0 Å². The molecule has 3 nitrogen and oxygen atoms in total. The maximum absolute atomic E-state index is 11.8. The summed E-state index contributed by atoms with van der Waals surface area (Å²) in [5, 5.41) is 10.0. The highest BCUT2D eigenvalue weighted by molar-refractivity contribution is 5.73. The molecule has 1 fully saturated rings. The second-order valence-corrected chi connectivity index (χ2v) is 5.42. The van der Waals surface area contributed by atoms with Crippen LogP contribution in [0.4, 0.5) is 0 Å². The molecule has 0 heterocycles. The predicted octanol–water partition coefficient (Wildman–Crippen LogP) is 3.26. The van der Waals surface area contributed by atoms with E-state index in [1.165, 1.54) is 7.11 Å². The van der Waals surface area contributed by atoms with Gasteiger partial charge in [0.2, 0.25) is 0 Å². The molecule has 1 N–H and O–H groups in total. The van der Waals surface area contributed by atoms with Crippen molar-refractivity contribution in [3.63, 3.8) is 0 Å². The molecule has 2 rings (SSSR count). The van der Waals surface area contributed by atoms with E-state index in [1.54, 1.807) is 0 Å². The molecule has 0 radical (unpaired) electrons. The fourth-order valence-corrected chi connectivity index (χ4v) is 2.84. The Morgan fingerprint density at radius 1 is 1.47 bits per heavy atom. The van der Waals surface area contributed by atoms with Crippen molar-refractivity contribution in [2.24, 2.45) is 11.8 Å². The molecular weight excluding hydrogens is 240 g/mol. The number of aryl methyl sites for hydroxylation is 1. The highest BCUT2D eigenvalue weighted by Crippen LogP contribution is 2.47. The molecular formula is C16H22O3. The number of benzene rings is 1. The first kappa shape index (κ1) is 13.9. The largest absolute Gasteiger partial charge is 0.508 e. The number of hydrogen-bond acceptors (Lipinski definition) is 3. The highest BCUT2D eigenvalue weighted by atomic mass is 16.5. The number of carbonyl (C=O) groups is 1. The van der Waals surface area contributed by atoms with Gasteiger partial charge in [-0.15, -0.1) is 0 Å². The van der Waals surface area contributed by atoms with Crippen molar-refractivity contribution >= 4 is 5.97 Å². The minimum absolute atomic E-state index is 0.157. The standard InChI is InChI=1S/C16H22O3/c1-4-11-5-8-13(9-14(11)17)15(12-6-7-12)10(2)16(18)19-3/h5,8-10,12,15,17H,4,6-7H2,1-3H3/t10-,15-/m0/s1. The first-order chi connectivity index (χ1) is 9.08. The van der Waals surface area contributed by atoms with Crippen LogP contribution in [0, 0.1) is 11.8 Å². The number of phenols is 1. The zero-order valence-corrected chi connectivity index (χ0v) is 11.8. The van der Waals surface area contributed by atoms with Crippen LogP contribution in [0.1, 0.15) is 43.7 Å². The molecule has 3 heteroatoms. The smallest absolute Gasteiger partial charge is 0.309 e. The average Bonchev–Trinajstić information content (AvgIpc) is 3.22. The lowest BCUT2D eigenvalue weighted by Gasteiger charge is -2.23. The zero-order valence-electron chi connectivity index (χ0n) is 11.8. The third-order valence-electron chi connectivity index (χ3n) is 4.12. The van der Waals surface area contributed by atoms with Gasteiger partial charge in [0.05, 0.1) is 13.0 Å². The molecule has 1 aliphatic rings. The maximum Gasteiger partial charge on any atom is 0.309 e. The summed E-state index contributed by atoms with van der Waals surface area (Å²) in [5.74, 6) is 0.702. The number of rotatable bonds is 5. The average molecular weight is 262 g/mol. The van der Waals surface area contributed by atoms with Crippen LogP contribution in [0.3, 0.4) is 0 Å². The highest BCUT2D eigenvalue weighted by Gasteiger charge is 2.39. The van der Waals surface area contributed by atoms with Gasteiger partial charge in [0.25, 0.3) is 0 Å². The fraction of sp³-hybridized carbons (Fsp3) is 0.562. The zero-order chi connectivity index (χ0) is 14.0. The van der Waals surface area contributed by atoms with Crippen molar-refractivity contribution in [3.8, 4) is 5.75 Å². The Bertz CT molecular complexity index is 463. The number of esters is 1. The molecule has 0 amide bonds. The fourth-order valence-electron chi connectivity index (χ4n) is 2.84. The van der Waals surface area contributed by atoms with Gasteiger partial charge >= 0.3 is 5.97 Å². The molecule has 104 valence electrons. The summed E-state index contributed by atoms with van der Waals surface area (Å²) in [6.45, 7) is 3.93. The van der Waals surface area contributed by atoms with Gasteiger partial charge in [-0.25, -0.2) is 0 Å². The number of phenolic OH excluding ortho intramolecular Hbond substituents is 1. The molecule has 0 aliphatic heterocycles. The number of carbonyl (C=O) groups excluding carboxylic acids is 1. The van der Waals surface area contributed by atoms with E-state index in [4.69, 9.17) is 4.74 Å². The number of methoxy groups -OCH3 is 1. The van der Waals surface area contributed by atoms with Crippen LogP contribution in [0.5, 0.6) is 5.75 Å². The van der Waals surface area contributed by atoms with Gasteiger partial charge in [-0.1, -0.05) is 26.0 Å². The van der Waals surface area contributed by atoms with Crippen molar-refractivity contribution in [3.05, 3.63) is 29.3 Å². The van der Waals surface area contributed by atoms with Gasteiger partial charge in [-0.3, -0.25) is 4.79 Å². The van der Waals surface area contributed by atoms with Gasteiger partial charge in [0, 0.05) is 0 Å². The van der Waals surface area contributed by atoms with E-state index < -0.39 is 0 Å². The van der Waals surface area contributed by atoms with Gasteiger partial charge in [0.15, 0.2) is 0 Å². The maximum atomic E-state index is 11.8. The SMILES string of the molecule is CCc1ccc([C@H](C2CC2)[C@H](C)C(=O)OC)cc1O. The van der Waals surface area contributed by atoms with Crippen molar-refractivity contribution in [1.82, 2.24) is 0 Å². The molecule has 1 aliphatic carbocycles. The van der Waals surface area contributed by atoms with Crippen LogP contribution in [-0.2, 0) is 16.0 Å². The van der Waals surface area contributed by atoms with Gasteiger partial charge in [0.1, 0.15) is 5.75 Å². The number of aromatic hydroxyl groups is 1. The molecule has 1 saturated carbocycles. The lowest BCUT2D eigenvalue weighted by molar-refractivity contribution is -0.145. The summed E-state index contributed by atoms with van der Waals surface area (Å²) in [4.78, 5) is 11.8. The quantitative estimate of drug-likeness (QED) is 0.828. The summed E-state index contributed by atoms with van der Waals surface area (Å²) < 4.78 is 4.87. The predicted molar refractivity (Wildman–Crippen MR) is 74.1 cm³/mol. The van der Waals surface area contributed by atoms with E-state index in [2.05, 4.69) is 0 Å². The summed E-state index contributed by atoms with van der Waals surface area (Å²) in [5.41, 5.74) is 2.00. The summed E-state index contributed by atoms with van der Waals surface area (Å²) in [6, 6.07) is 5.83. The Hall–Kier alpha value is -1.51. The third-order valence-corrected chi connectivity index (χ3v) is 4.12. The van der Waals surface area contributed by atoms with Gasteiger partial charge in [-0.2, -0.15) is 0 Å². The first-order valence-corrected chi connectivity index (χ1v) is 6.98. The van der Waals surface area contributed by atoms with E-state index >= 15 is 0 Å². The number of ether oxygens (including phenoxy) is 1. The molecule has 2 atom stereocenters. The van der Waals surface area contributed by atoms with Crippen molar-refractivity contribution in [2.45, 2.75) is 39.0 Å². The third kappa shape index (κ3) is 2.91. The van der Waals surface area contributed by atoms with E-state index in [0.717, 1.165) is 30.4 Å². The Labute approximate surface area is 114 Å². The lowest BCUT2D eigenvalue weighted by atomic mass is 9.82. The molecule has 0 spiro atoms. The molecule has 0 aromatic heterocycles.